The number of hydrogen-bond acceptors (Lipinski definition) is 0. The van der Waals surface area contributed by atoms with Crippen LogP contribution in [0.25, 0.3) is 0 Å². The zero-order valence-corrected chi connectivity index (χ0v) is 6.81. The first kappa shape index (κ1) is 13.4. The van der Waals surface area contributed by atoms with E-state index in [1.807, 2.05) is 0 Å². The zero-order chi connectivity index (χ0) is 11.8. The van der Waals surface area contributed by atoms with Crippen LogP contribution in [0.15, 0.2) is 0 Å². The second-order valence-electron chi connectivity index (χ2n) is 2.62. The minimum atomic E-state index is -6.18. The number of alkyl halides is 8. The summed E-state index contributed by atoms with van der Waals surface area (Å²) >= 11 is 0. The average molecular weight is 230 g/mol. The molecule has 0 aliphatic carbocycles. The fourth-order valence-corrected chi connectivity index (χ4v) is 0.891. The predicted octanol–water partition coefficient (Wildman–Crippen LogP) is 3.77. The molecule has 14 heavy (non-hydrogen) atoms. The van der Waals surface area contributed by atoms with Crippen LogP contribution in [0.4, 0.5) is 35.1 Å². The van der Waals surface area contributed by atoms with Crippen LogP contribution >= 0.6 is 0 Å². The first-order valence-electron chi connectivity index (χ1n) is 3.45. The molecule has 0 aromatic rings. The molecule has 0 saturated carbocycles. The fourth-order valence-electron chi connectivity index (χ4n) is 0.891. The van der Waals surface area contributed by atoms with Gasteiger partial charge in [-0.05, 0) is 6.42 Å². The van der Waals surface area contributed by atoms with Gasteiger partial charge in [0.25, 0.3) is 0 Å². The van der Waals surface area contributed by atoms with Gasteiger partial charge in [-0.3, -0.25) is 0 Å². The van der Waals surface area contributed by atoms with E-state index in [0.29, 0.717) is 6.92 Å². The van der Waals surface area contributed by atoms with Crippen molar-refractivity contribution in [3.8, 4) is 0 Å². The normalized spacial score (nSPS) is 16.9. The van der Waals surface area contributed by atoms with Gasteiger partial charge in [0.05, 0.1) is 0 Å². The predicted molar refractivity (Wildman–Crippen MR) is 30.8 cm³/mol. The summed E-state index contributed by atoms with van der Waals surface area (Å²) < 4.78 is 94.4. The molecule has 0 aliphatic rings. The molecule has 0 fully saturated rings. The summed E-state index contributed by atoms with van der Waals surface area (Å²) in [5.74, 6) is -9.42. The van der Waals surface area contributed by atoms with Gasteiger partial charge in [0.2, 0.25) is 0 Å². The second-order valence-corrected chi connectivity index (χ2v) is 2.62. The maximum absolute atomic E-state index is 12.2. The smallest absolute Gasteiger partial charge is 0.196 e. The maximum atomic E-state index is 12.2. The molecule has 0 spiro atoms. The van der Waals surface area contributed by atoms with Crippen LogP contribution in [-0.2, 0) is 0 Å². The van der Waals surface area contributed by atoms with Crippen molar-refractivity contribution in [2.24, 2.45) is 5.92 Å². The van der Waals surface area contributed by atoms with E-state index >= 15 is 0 Å². The summed E-state index contributed by atoms with van der Waals surface area (Å²) in [6, 6.07) is 0. The quantitative estimate of drug-likeness (QED) is 0.633. The van der Waals surface area contributed by atoms with Gasteiger partial charge in [0, 0.05) is 0 Å². The van der Waals surface area contributed by atoms with Crippen molar-refractivity contribution in [1.82, 2.24) is 0 Å². The van der Waals surface area contributed by atoms with Gasteiger partial charge in [0.1, 0.15) is 5.92 Å². The molecule has 0 heterocycles. The van der Waals surface area contributed by atoms with E-state index in [9.17, 15) is 35.1 Å². The molecule has 86 valence electrons. The van der Waals surface area contributed by atoms with E-state index in [0.717, 1.165) is 0 Å². The number of hydrogen-bond donors (Lipinski definition) is 0. The Balaban J connectivity index is 5.04. The molecule has 1 unspecified atom stereocenters. The molecule has 0 aliphatic heterocycles. The van der Waals surface area contributed by atoms with Gasteiger partial charge >= 0.3 is 18.3 Å². The van der Waals surface area contributed by atoms with Gasteiger partial charge in [0.15, 0.2) is 0 Å². The molecule has 1 atom stereocenters. The van der Waals surface area contributed by atoms with Crippen molar-refractivity contribution in [3.05, 3.63) is 0 Å². The van der Waals surface area contributed by atoms with E-state index in [2.05, 4.69) is 0 Å². The SMILES string of the molecule is CCC(C(F)(F)F)C(F)(F)C(F)(F)F. The lowest BCUT2D eigenvalue weighted by molar-refractivity contribution is -0.345. The van der Waals surface area contributed by atoms with Crippen LogP contribution in [0.2, 0.25) is 0 Å². The standard InChI is InChI=1S/C6H6F8/c1-2-3(5(9,10)11)4(7,8)6(12,13)14/h3H,2H2,1H3. The third kappa shape index (κ3) is 2.48. The zero-order valence-electron chi connectivity index (χ0n) is 6.81. The first-order valence-corrected chi connectivity index (χ1v) is 3.45. The molecule has 0 amide bonds. The Morgan fingerprint density at radius 1 is 0.857 bits per heavy atom. The molecule has 0 rings (SSSR count). The molecule has 0 aromatic heterocycles. The van der Waals surface area contributed by atoms with Crippen LogP contribution in [0.3, 0.4) is 0 Å². The van der Waals surface area contributed by atoms with Gasteiger partial charge in [-0.25, -0.2) is 0 Å². The van der Waals surface area contributed by atoms with Gasteiger partial charge in [-0.2, -0.15) is 35.1 Å². The Hall–Kier alpha value is -0.560. The lowest BCUT2D eigenvalue weighted by atomic mass is 9.97. The number of rotatable bonds is 2. The van der Waals surface area contributed by atoms with Gasteiger partial charge in [-0.15, -0.1) is 0 Å². The minimum absolute atomic E-state index is 0.623. The minimum Gasteiger partial charge on any atom is -0.196 e. The fraction of sp³-hybridized carbons (Fsp3) is 1.00. The molecule has 8 heteroatoms. The number of halogens is 8. The lowest BCUT2D eigenvalue weighted by Gasteiger charge is -2.29. The van der Waals surface area contributed by atoms with Gasteiger partial charge < -0.3 is 0 Å². The highest BCUT2D eigenvalue weighted by molar-refractivity contribution is 4.87. The largest absolute Gasteiger partial charge is 0.453 e. The van der Waals surface area contributed by atoms with E-state index in [-0.39, 0.29) is 0 Å². The van der Waals surface area contributed by atoms with Crippen molar-refractivity contribution >= 4 is 0 Å². The third-order valence-corrected chi connectivity index (χ3v) is 1.62. The summed E-state index contributed by atoms with van der Waals surface area (Å²) in [4.78, 5) is 0. The van der Waals surface area contributed by atoms with Gasteiger partial charge in [-0.1, -0.05) is 6.92 Å². The molecule has 0 bridgehead atoms. The Kier molecular flexibility index (Phi) is 3.40. The monoisotopic (exact) mass is 230 g/mol. The summed E-state index contributed by atoms with van der Waals surface area (Å²) in [6.07, 6.45) is -13.1. The van der Waals surface area contributed by atoms with Crippen LogP contribution in [0.5, 0.6) is 0 Å². The van der Waals surface area contributed by atoms with Crippen molar-refractivity contribution in [2.75, 3.05) is 0 Å². The molecule has 0 radical (unpaired) electrons. The van der Waals surface area contributed by atoms with Crippen LogP contribution in [0.1, 0.15) is 13.3 Å². The highest BCUT2D eigenvalue weighted by Gasteiger charge is 2.68. The maximum Gasteiger partial charge on any atom is 0.453 e. The van der Waals surface area contributed by atoms with E-state index in [1.165, 1.54) is 0 Å². The molecule has 0 aromatic carbocycles. The Bertz CT molecular complexity index is 187. The summed E-state index contributed by atoms with van der Waals surface area (Å²) in [7, 11) is 0. The topological polar surface area (TPSA) is 0 Å². The summed E-state index contributed by atoms with van der Waals surface area (Å²) in [5, 5.41) is 0. The summed E-state index contributed by atoms with van der Waals surface area (Å²) in [6.45, 7) is 0.623. The highest BCUT2D eigenvalue weighted by Crippen LogP contribution is 2.48. The lowest BCUT2D eigenvalue weighted by Crippen LogP contribution is -2.49. The molecular weight excluding hydrogens is 224 g/mol. The molecular formula is C6H6F8. The van der Waals surface area contributed by atoms with E-state index in [1.54, 1.807) is 0 Å². The van der Waals surface area contributed by atoms with E-state index in [4.69, 9.17) is 0 Å². The van der Waals surface area contributed by atoms with E-state index < -0.39 is 30.6 Å². The van der Waals surface area contributed by atoms with Crippen molar-refractivity contribution in [3.63, 3.8) is 0 Å². The first-order chi connectivity index (χ1) is 5.94. The molecule has 0 saturated heterocycles. The van der Waals surface area contributed by atoms with Crippen molar-refractivity contribution < 1.29 is 35.1 Å². The Morgan fingerprint density at radius 2 is 1.21 bits per heavy atom. The highest BCUT2D eigenvalue weighted by atomic mass is 19.4. The third-order valence-electron chi connectivity index (χ3n) is 1.62. The van der Waals surface area contributed by atoms with Crippen LogP contribution in [-0.4, -0.2) is 18.3 Å². The summed E-state index contributed by atoms with van der Waals surface area (Å²) in [5.41, 5.74) is 0. The Morgan fingerprint density at radius 3 is 1.29 bits per heavy atom. The molecule has 0 nitrogen and oxygen atoms in total. The molecule has 0 N–H and O–H groups in total. The average Bonchev–Trinajstić information content (AvgIpc) is 1.80. The second kappa shape index (κ2) is 3.54. The Labute approximate surface area is 73.9 Å². The van der Waals surface area contributed by atoms with Crippen LogP contribution in [0, 0.1) is 5.92 Å². The van der Waals surface area contributed by atoms with Crippen molar-refractivity contribution in [1.29, 1.82) is 0 Å². The van der Waals surface area contributed by atoms with Crippen LogP contribution < -0.4 is 0 Å². The van der Waals surface area contributed by atoms with Crippen molar-refractivity contribution in [2.45, 2.75) is 31.6 Å².